The zero-order valence-electron chi connectivity index (χ0n) is 14.0. The van der Waals surface area contributed by atoms with Gasteiger partial charge in [-0.15, -0.1) is 0 Å². The monoisotopic (exact) mass is 390 g/mol. The highest BCUT2D eigenvalue weighted by atomic mass is 79.9. The van der Waals surface area contributed by atoms with Crippen molar-refractivity contribution < 1.29 is 9.13 Å². The molecule has 24 heavy (non-hydrogen) atoms. The molecular weight excluding hydrogens is 371 g/mol. The number of ether oxygens (including phenoxy) is 1. The van der Waals surface area contributed by atoms with Gasteiger partial charge in [0, 0.05) is 13.1 Å². The van der Waals surface area contributed by atoms with Crippen LogP contribution in [0.2, 0.25) is 0 Å². The van der Waals surface area contributed by atoms with Crippen molar-refractivity contribution in [3.05, 3.63) is 51.7 Å². The van der Waals surface area contributed by atoms with Crippen molar-refractivity contribution in [2.45, 2.75) is 32.7 Å². The topological polar surface area (TPSA) is 24.8 Å². The molecule has 0 bridgehead atoms. The van der Waals surface area contributed by atoms with Crippen LogP contribution < -0.4 is 4.74 Å². The molecule has 1 aliphatic rings. The normalized spacial score (nSPS) is 14.2. The first kappa shape index (κ1) is 17.0. The second-order valence-electron chi connectivity index (χ2n) is 6.22. The maximum atomic E-state index is 13.3. The smallest absolute Gasteiger partial charge is 0.137 e. The lowest BCUT2D eigenvalue weighted by atomic mass is 10.1. The summed E-state index contributed by atoms with van der Waals surface area (Å²) in [7, 11) is 2.06. The molecule has 0 N–H and O–H groups in total. The first-order chi connectivity index (χ1) is 11.4. The van der Waals surface area contributed by atoms with Crippen LogP contribution in [0.15, 0.2) is 39.8 Å². The van der Waals surface area contributed by atoms with Crippen molar-refractivity contribution >= 4 is 28.0 Å². The Balaban J connectivity index is 1.79. The van der Waals surface area contributed by atoms with E-state index in [1.165, 1.54) is 18.9 Å². The lowest BCUT2D eigenvalue weighted by molar-refractivity contribution is 0.476. The van der Waals surface area contributed by atoms with Crippen LogP contribution in [0.25, 0.3) is 0 Å². The Morgan fingerprint density at radius 1 is 1.21 bits per heavy atom. The number of nitrogens with zero attached hydrogens (tertiary/aromatic N) is 2. The molecular formula is C19H20BrFN2O. The second kappa shape index (κ2) is 6.93. The van der Waals surface area contributed by atoms with Crippen LogP contribution in [0.1, 0.15) is 24.0 Å². The zero-order chi connectivity index (χ0) is 17.3. The highest BCUT2D eigenvalue weighted by Gasteiger charge is 2.24. The van der Waals surface area contributed by atoms with Crippen LogP contribution in [0.3, 0.4) is 0 Å². The Labute approximate surface area is 150 Å². The molecule has 126 valence electrons. The van der Waals surface area contributed by atoms with Gasteiger partial charge >= 0.3 is 0 Å². The van der Waals surface area contributed by atoms with Gasteiger partial charge in [-0.25, -0.2) is 9.38 Å². The predicted molar refractivity (Wildman–Crippen MR) is 99.0 cm³/mol. The third-order valence-corrected chi connectivity index (χ3v) is 4.72. The molecule has 0 spiro atoms. The number of aliphatic imine (C=N–C) groups is 1. The van der Waals surface area contributed by atoms with Crippen LogP contribution >= 0.6 is 15.9 Å². The molecule has 5 heteroatoms. The average molecular weight is 391 g/mol. The summed E-state index contributed by atoms with van der Waals surface area (Å²) in [6.07, 6.45) is 4.40. The molecule has 2 aromatic rings. The van der Waals surface area contributed by atoms with Crippen LogP contribution in [0, 0.1) is 19.7 Å². The zero-order valence-corrected chi connectivity index (χ0v) is 15.6. The average Bonchev–Trinajstić information content (AvgIpc) is 3.37. The molecule has 3 nitrogen and oxygen atoms in total. The Bertz CT molecular complexity index is 787. The third-order valence-electron chi connectivity index (χ3n) is 4.11. The van der Waals surface area contributed by atoms with E-state index in [1.54, 1.807) is 12.1 Å². The summed E-state index contributed by atoms with van der Waals surface area (Å²) < 4.78 is 19.6. The molecule has 0 saturated heterocycles. The molecule has 0 aromatic heterocycles. The summed E-state index contributed by atoms with van der Waals surface area (Å²) in [4.78, 5) is 6.75. The minimum atomic E-state index is -0.306. The highest BCUT2D eigenvalue weighted by Crippen LogP contribution is 2.33. The minimum Gasteiger partial charge on any atom is -0.457 e. The largest absolute Gasteiger partial charge is 0.457 e. The SMILES string of the molecule is Cc1cc(Oc2ccc(F)c(Br)c2)c(C)cc1/N=C/N(C)C1CC1. The van der Waals surface area contributed by atoms with Crippen molar-refractivity contribution in [3.63, 3.8) is 0 Å². The van der Waals surface area contributed by atoms with E-state index in [0.717, 1.165) is 22.6 Å². The maximum Gasteiger partial charge on any atom is 0.137 e. The van der Waals surface area contributed by atoms with Gasteiger partial charge in [0.2, 0.25) is 0 Å². The molecule has 0 heterocycles. The van der Waals surface area contributed by atoms with Gasteiger partial charge in [0.1, 0.15) is 17.3 Å². The van der Waals surface area contributed by atoms with Crippen molar-refractivity contribution in [1.29, 1.82) is 0 Å². The number of hydrogen-bond acceptors (Lipinski definition) is 2. The molecule has 0 radical (unpaired) electrons. The summed E-state index contributed by atoms with van der Waals surface area (Å²) in [5, 5.41) is 0. The standard InChI is InChI=1S/C19H20BrFN2O/c1-12-9-19(24-15-6-7-17(21)16(20)10-15)13(2)8-18(12)22-11-23(3)14-4-5-14/h6-11,14H,4-5H2,1-3H3/b22-11+. The van der Waals surface area contributed by atoms with Crippen LogP contribution in [0.4, 0.5) is 10.1 Å². The van der Waals surface area contributed by atoms with E-state index >= 15 is 0 Å². The van der Waals surface area contributed by atoms with Crippen LogP contribution in [-0.4, -0.2) is 24.3 Å². The van der Waals surface area contributed by atoms with Gasteiger partial charge in [0.25, 0.3) is 0 Å². The van der Waals surface area contributed by atoms with E-state index in [-0.39, 0.29) is 5.82 Å². The van der Waals surface area contributed by atoms with Gasteiger partial charge in [-0.3, -0.25) is 0 Å². The quantitative estimate of drug-likeness (QED) is 0.479. The van der Waals surface area contributed by atoms with Gasteiger partial charge in [-0.1, -0.05) is 0 Å². The first-order valence-electron chi connectivity index (χ1n) is 7.94. The fourth-order valence-corrected chi connectivity index (χ4v) is 2.78. The maximum absolute atomic E-state index is 13.3. The molecule has 3 rings (SSSR count). The van der Waals surface area contributed by atoms with E-state index in [0.29, 0.717) is 16.3 Å². The first-order valence-corrected chi connectivity index (χ1v) is 8.73. The summed E-state index contributed by atoms with van der Waals surface area (Å²) in [6, 6.07) is 9.26. The Morgan fingerprint density at radius 3 is 2.62 bits per heavy atom. The molecule has 0 aliphatic heterocycles. The number of rotatable bonds is 5. The summed E-state index contributed by atoms with van der Waals surface area (Å²) in [5.74, 6) is 1.04. The van der Waals surface area contributed by atoms with E-state index in [4.69, 9.17) is 4.74 Å². The number of aryl methyl sites for hydroxylation is 2. The van der Waals surface area contributed by atoms with Crippen LogP contribution in [-0.2, 0) is 0 Å². The molecule has 0 amide bonds. The molecule has 2 aromatic carbocycles. The lowest BCUT2D eigenvalue weighted by Gasteiger charge is -2.13. The van der Waals surface area contributed by atoms with Gasteiger partial charge < -0.3 is 9.64 Å². The second-order valence-corrected chi connectivity index (χ2v) is 7.08. The molecule has 1 saturated carbocycles. The van der Waals surface area contributed by atoms with Gasteiger partial charge in [-0.05, 0) is 84.1 Å². The van der Waals surface area contributed by atoms with E-state index in [2.05, 4.69) is 32.9 Å². The van der Waals surface area contributed by atoms with Crippen LogP contribution in [0.5, 0.6) is 11.5 Å². The molecule has 1 fully saturated rings. The van der Waals surface area contributed by atoms with Crippen molar-refractivity contribution in [2.24, 2.45) is 4.99 Å². The number of hydrogen-bond donors (Lipinski definition) is 0. The highest BCUT2D eigenvalue weighted by molar-refractivity contribution is 9.10. The third kappa shape index (κ3) is 3.96. The Morgan fingerprint density at radius 2 is 1.96 bits per heavy atom. The van der Waals surface area contributed by atoms with E-state index in [9.17, 15) is 4.39 Å². The van der Waals surface area contributed by atoms with Gasteiger partial charge in [0.15, 0.2) is 0 Å². The Hall–Kier alpha value is -1.88. The molecule has 1 aliphatic carbocycles. The fourth-order valence-electron chi connectivity index (χ4n) is 2.42. The van der Waals surface area contributed by atoms with Crippen molar-refractivity contribution in [2.75, 3.05) is 7.05 Å². The predicted octanol–water partition coefficient (Wildman–Crippen LogP) is 5.75. The summed E-state index contributed by atoms with van der Waals surface area (Å²) in [6.45, 7) is 3.99. The Kier molecular flexibility index (Phi) is 4.90. The molecule has 0 atom stereocenters. The molecule has 0 unspecified atom stereocenters. The van der Waals surface area contributed by atoms with Crippen molar-refractivity contribution in [3.8, 4) is 11.5 Å². The fraction of sp³-hybridized carbons (Fsp3) is 0.316. The lowest BCUT2D eigenvalue weighted by Crippen LogP contribution is -2.17. The summed E-state index contributed by atoms with van der Waals surface area (Å²) >= 11 is 3.18. The van der Waals surface area contributed by atoms with Gasteiger partial charge in [0.05, 0.1) is 16.5 Å². The van der Waals surface area contributed by atoms with Crippen molar-refractivity contribution in [1.82, 2.24) is 4.90 Å². The van der Waals surface area contributed by atoms with Gasteiger partial charge in [-0.2, -0.15) is 0 Å². The number of benzene rings is 2. The summed E-state index contributed by atoms with van der Waals surface area (Å²) in [5.41, 5.74) is 2.96. The van der Waals surface area contributed by atoms with E-state index < -0.39 is 0 Å². The minimum absolute atomic E-state index is 0.306. The number of halogens is 2. The van der Waals surface area contributed by atoms with E-state index in [1.807, 2.05) is 32.3 Å².